The highest BCUT2D eigenvalue weighted by Gasteiger charge is 2.14. The Balaban J connectivity index is 2.46. The van der Waals surface area contributed by atoms with Crippen molar-refractivity contribution in [3.63, 3.8) is 0 Å². The Morgan fingerprint density at radius 1 is 1.35 bits per heavy atom. The van der Waals surface area contributed by atoms with E-state index in [1.165, 1.54) is 0 Å². The first-order valence-corrected chi connectivity index (χ1v) is 6.12. The van der Waals surface area contributed by atoms with Gasteiger partial charge in [-0.1, -0.05) is 17.7 Å². The van der Waals surface area contributed by atoms with E-state index in [-0.39, 0.29) is 16.9 Å². The molecule has 0 aliphatic carbocycles. The van der Waals surface area contributed by atoms with Crippen molar-refractivity contribution in [2.75, 3.05) is 11.1 Å². The summed E-state index contributed by atoms with van der Waals surface area (Å²) in [5.74, 6) is -1.85. The summed E-state index contributed by atoms with van der Waals surface area (Å²) in [6, 6.07) is 7.28. The van der Waals surface area contributed by atoms with Crippen molar-refractivity contribution in [1.82, 2.24) is 0 Å². The minimum absolute atomic E-state index is 0.0296. The number of hydrogen-bond acceptors (Lipinski definition) is 3. The molecular weight excluding hydrogens is 283 g/mol. The quantitative estimate of drug-likeness (QED) is 0.752. The smallest absolute Gasteiger partial charge is 0.337 e. The maximum atomic E-state index is 13.8. The number of nitrogens with two attached hydrogens (primary N) is 1. The second-order valence-corrected chi connectivity index (χ2v) is 4.67. The molecule has 0 aliphatic rings. The lowest BCUT2D eigenvalue weighted by Crippen LogP contribution is -2.05. The summed E-state index contributed by atoms with van der Waals surface area (Å²) in [7, 11) is 0. The Kier molecular flexibility index (Phi) is 3.81. The van der Waals surface area contributed by atoms with Gasteiger partial charge in [0.2, 0.25) is 0 Å². The zero-order valence-corrected chi connectivity index (χ0v) is 11.3. The fraction of sp³-hybridized carbons (Fsp3) is 0.0714. The lowest BCUT2D eigenvalue weighted by molar-refractivity contribution is 0.0698. The van der Waals surface area contributed by atoms with Crippen LogP contribution in [0.2, 0.25) is 5.02 Å². The molecule has 6 heteroatoms. The second kappa shape index (κ2) is 5.38. The topological polar surface area (TPSA) is 75.3 Å². The van der Waals surface area contributed by atoms with E-state index in [0.717, 1.165) is 17.7 Å². The van der Waals surface area contributed by atoms with Crippen molar-refractivity contribution in [3.05, 3.63) is 52.3 Å². The van der Waals surface area contributed by atoms with E-state index in [1.807, 2.05) is 0 Å². The van der Waals surface area contributed by atoms with Gasteiger partial charge in [-0.25, -0.2) is 9.18 Å². The zero-order valence-electron chi connectivity index (χ0n) is 10.6. The molecule has 2 rings (SSSR count). The van der Waals surface area contributed by atoms with E-state index in [2.05, 4.69) is 5.32 Å². The molecule has 4 N–H and O–H groups in total. The summed E-state index contributed by atoms with van der Waals surface area (Å²) < 4.78 is 13.8. The van der Waals surface area contributed by atoms with E-state index < -0.39 is 11.8 Å². The van der Waals surface area contributed by atoms with Crippen LogP contribution in [0.1, 0.15) is 15.9 Å². The summed E-state index contributed by atoms with van der Waals surface area (Å²) in [6.45, 7) is 1.78. The molecule has 4 nitrogen and oxygen atoms in total. The van der Waals surface area contributed by atoms with E-state index >= 15 is 0 Å². The highest BCUT2D eigenvalue weighted by Crippen LogP contribution is 2.29. The lowest BCUT2D eigenvalue weighted by atomic mass is 10.1. The second-order valence-electron chi connectivity index (χ2n) is 4.26. The zero-order chi connectivity index (χ0) is 14.9. The number of anilines is 3. The van der Waals surface area contributed by atoms with Crippen LogP contribution in [0.5, 0.6) is 0 Å². The molecule has 0 saturated heterocycles. The standard InChI is InChI=1S/C14H12ClFN2O2/c1-7-9(15)3-2-4-12(7)18-13-5-8(14(19)20)11(17)6-10(13)16/h2-6,18H,17H2,1H3,(H,19,20). The van der Waals surface area contributed by atoms with E-state index in [0.29, 0.717) is 10.7 Å². The van der Waals surface area contributed by atoms with Crippen LogP contribution in [0.25, 0.3) is 0 Å². The van der Waals surface area contributed by atoms with Crippen LogP contribution in [0.3, 0.4) is 0 Å². The molecular formula is C14H12ClFN2O2. The number of nitrogen functional groups attached to an aromatic ring is 1. The van der Waals surface area contributed by atoms with Crippen LogP contribution in [0.15, 0.2) is 30.3 Å². The minimum Gasteiger partial charge on any atom is -0.478 e. The number of halogens is 2. The van der Waals surface area contributed by atoms with Crippen LogP contribution >= 0.6 is 11.6 Å². The van der Waals surface area contributed by atoms with E-state index in [4.69, 9.17) is 22.4 Å². The molecule has 2 aromatic rings. The van der Waals surface area contributed by atoms with Crippen molar-refractivity contribution < 1.29 is 14.3 Å². The Hall–Kier alpha value is -2.27. The van der Waals surface area contributed by atoms with Crippen LogP contribution < -0.4 is 11.1 Å². The number of hydrogen-bond donors (Lipinski definition) is 3. The summed E-state index contributed by atoms with van der Waals surface area (Å²) >= 11 is 5.98. The molecule has 0 aromatic heterocycles. The van der Waals surface area contributed by atoms with Gasteiger partial charge < -0.3 is 16.2 Å². The largest absolute Gasteiger partial charge is 0.478 e. The molecule has 0 unspecified atom stereocenters. The average Bonchev–Trinajstić information content (AvgIpc) is 2.37. The molecule has 0 amide bonds. The fourth-order valence-electron chi connectivity index (χ4n) is 1.76. The van der Waals surface area contributed by atoms with Crippen molar-refractivity contribution in [2.45, 2.75) is 6.92 Å². The fourth-order valence-corrected chi connectivity index (χ4v) is 1.93. The number of rotatable bonds is 3. The molecule has 0 saturated carbocycles. The Labute approximate surface area is 120 Å². The highest BCUT2D eigenvalue weighted by atomic mass is 35.5. The predicted octanol–water partition coefficient (Wildman–Crippen LogP) is 3.81. The van der Waals surface area contributed by atoms with Gasteiger partial charge in [-0.05, 0) is 36.8 Å². The third-order valence-corrected chi connectivity index (χ3v) is 3.32. The van der Waals surface area contributed by atoms with E-state index in [1.54, 1.807) is 25.1 Å². The maximum Gasteiger partial charge on any atom is 0.337 e. The first-order chi connectivity index (χ1) is 9.40. The third-order valence-electron chi connectivity index (χ3n) is 2.91. The number of carboxylic acid groups (broad SMARTS) is 1. The van der Waals surface area contributed by atoms with E-state index in [9.17, 15) is 9.18 Å². The van der Waals surface area contributed by atoms with Gasteiger partial charge in [0, 0.05) is 16.4 Å². The molecule has 2 aromatic carbocycles. The van der Waals surface area contributed by atoms with Crippen LogP contribution in [0.4, 0.5) is 21.5 Å². The first-order valence-electron chi connectivity index (χ1n) is 5.74. The Morgan fingerprint density at radius 3 is 2.70 bits per heavy atom. The molecule has 20 heavy (non-hydrogen) atoms. The summed E-state index contributed by atoms with van der Waals surface area (Å²) in [5, 5.41) is 12.4. The lowest BCUT2D eigenvalue weighted by Gasteiger charge is -2.13. The maximum absolute atomic E-state index is 13.8. The third kappa shape index (κ3) is 2.67. The number of benzene rings is 2. The normalized spacial score (nSPS) is 10.3. The number of carboxylic acids is 1. The van der Waals surface area contributed by atoms with Crippen LogP contribution in [-0.2, 0) is 0 Å². The van der Waals surface area contributed by atoms with Gasteiger partial charge in [0.1, 0.15) is 5.82 Å². The van der Waals surface area contributed by atoms with Crippen molar-refractivity contribution in [2.24, 2.45) is 0 Å². The van der Waals surface area contributed by atoms with Crippen LogP contribution in [0, 0.1) is 12.7 Å². The number of carbonyl (C=O) groups is 1. The average molecular weight is 295 g/mol. The summed E-state index contributed by atoms with van der Waals surface area (Å²) in [6.07, 6.45) is 0. The van der Waals surface area contributed by atoms with Crippen molar-refractivity contribution >= 4 is 34.6 Å². The SMILES string of the molecule is Cc1c(Cl)cccc1Nc1cc(C(=O)O)c(N)cc1F. The highest BCUT2D eigenvalue weighted by molar-refractivity contribution is 6.31. The predicted molar refractivity (Wildman–Crippen MR) is 77.2 cm³/mol. The Morgan fingerprint density at radius 2 is 2.05 bits per heavy atom. The van der Waals surface area contributed by atoms with Crippen molar-refractivity contribution in [1.29, 1.82) is 0 Å². The number of aromatic carboxylic acids is 1. The van der Waals surface area contributed by atoms with Gasteiger partial charge >= 0.3 is 5.97 Å². The van der Waals surface area contributed by atoms with Gasteiger partial charge in [-0.15, -0.1) is 0 Å². The molecule has 0 bridgehead atoms. The molecule has 0 atom stereocenters. The monoisotopic (exact) mass is 294 g/mol. The van der Waals surface area contributed by atoms with Gasteiger partial charge in [0.25, 0.3) is 0 Å². The molecule has 0 aliphatic heterocycles. The van der Waals surface area contributed by atoms with Gasteiger partial charge in [-0.3, -0.25) is 0 Å². The molecule has 0 heterocycles. The first kappa shape index (κ1) is 14.1. The van der Waals surface area contributed by atoms with Gasteiger partial charge in [0.15, 0.2) is 0 Å². The Bertz CT molecular complexity index is 689. The van der Waals surface area contributed by atoms with Crippen LogP contribution in [-0.4, -0.2) is 11.1 Å². The number of nitrogens with one attached hydrogen (secondary N) is 1. The summed E-state index contributed by atoms with van der Waals surface area (Å²) in [4.78, 5) is 11.0. The summed E-state index contributed by atoms with van der Waals surface area (Å²) in [5.41, 5.74) is 6.55. The van der Waals surface area contributed by atoms with Crippen molar-refractivity contribution in [3.8, 4) is 0 Å². The molecule has 104 valence electrons. The van der Waals surface area contributed by atoms with Gasteiger partial charge in [-0.2, -0.15) is 0 Å². The molecule has 0 radical (unpaired) electrons. The van der Waals surface area contributed by atoms with Gasteiger partial charge in [0.05, 0.1) is 11.3 Å². The molecule has 0 fully saturated rings. The minimum atomic E-state index is -1.21. The molecule has 0 spiro atoms.